The second kappa shape index (κ2) is 8.72. The number of anilines is 2. The lowest BCUT2D eigenvalue weighted by Crippen LogP contribution is -2.47. The van der Waals surface area contributed by atoms with E-state index in [1.807, 2.05) is 73.3 Å². The Morgan fingerprint density at radius 2 is 1.61 bits per heavy atom. The fraction of sp³-hybridized carbons (Fsp3) is 0.231. The van der Waals surface area contributed by atoms with Crippen molar-refractivity contribution in [1.82, 2.24) is 0 Å². The third kappa shape index (κ3) is 3.83. The number of carbonyl (C=O) groups is 2. The van der Waals surface area contributed by atoms with Crippen molar-refractivity contribution in [1.29, 1.82) is 0 Å². The molecule has 0 bridgehead atoms. The Kier molecular flexibility index (Phi) is 5.85. The highest BCUT2D eigenvalue weighted by Gasteiger charge is 2.38. The van der Waals surface area contributed by atoms with Crippen molar-refractivity contribution in [2.75, 3.05) is 9.80 Å². The van der Waals surface area contributed by atoms with Gasteiger partial charge >= 0.3 is 0 Å². The summed E-state index contributed by atoms with van der Waals surface area (Å²) in [4.78, 5) is 29.8. The summed E-state index contributed by atoms with van der Waals surface area (Å²) in [5.41, 5.74) is 2.41. The number of fused-ring (bicyclic) bond motifs is 1. The number of carbonyl (C=O) groups excluding carboxylic acids is 2. The molecule has 1 heterocycles. The van der Waals surface area contributed by atoms with Gasteiger partial charge in [-0.3, -0.25) is 9.59 Å². The van der Waals surface area contributed by atoms with E-state index in [0.29, 0.717) is 18.5 Å². The van der Waals surface area contributed by atoms with Gasteiger partial charge in [0.05, 0.1) is 11.6 Å². The molecule has 0 saturated carbocycles. The van der Waals surface area contributed by atoms with E-state index in [1.54, 1.807) is 17.0 Å². The molecule has 31 heavy (non-hydrogen) atoms. The summed E-state index contributed by atoms with van der Waals surface area (Å²) in [5.74, 6) is -0.898. The third-order valence-electron chi connectivity index (χ3n) is 5.80. The fourth-order valence-electron chi connectivity index (χ4n) is 4.37. The van der Waals surface area contributed by atoms with Gasteiger partial charge in [0.25, 0.3) is 5.91 Å². The molecule has 2 atom stereocenters. The zero-order valence-corrected chi connectivity index (χ0v) is 17.7. The number of amides is 2. The number of para-hydroxylation sites is 2. The summed E-state index contributed by atoms with van der Waals surface area (Å²) in [6, 6.07) is 22.6. The zero-order valence-electron chi connectivity index (χ0n) is 17.7. The molecule has 0 N–H and O–H groups in total. The monoisotopic (exact) mass is 416 g/mol. The largest absolute Gasteiger partial charge is 0.309 e. The van der Waals surface area contributed by atoms with Gasteiger partial charge < -0.3 is 9.80 Å². The van der Waals surface area contributed by atoms with Crippen LogP contribution in [0.25, 0.3) is 0 Å². The first kappa shape index (κ1) is 20.8. The smallest absolute Gasteiger partial charge is 0.261 e. The van der Waals surface area contributed by atoms with Gasteiger partial charge in [0.2, 0.25) is 5.91 Å². The number of hydrogen-bond acceptors (Lipinski definition) is 2. The van der Waals surface area contributed by atoms with Crippen LogP contribution < -0.4 is 9.80 Å². The molecule has 0 spiro atoms. The molecule has 4 nitrogen and oxygen atoms in total. The molecule has 1 aliphatic rings. The Labute approximate surface area is 181 Å². The Morgan fingerprint density at radius 3 is 2.32 bits per heavy atom. The van der Waals surface area contributed by atoms with Crippen LogP contribution in [0.3, 0.4) is 0 Å². The van der Waals surface area contributed by atoms with Crippen LogP contribution in [0, 0.1) is 5.82 Å². The molecule has 1 aliphatic heterocycles. The highest BCUT2D eigenvalue weighted by molar-refractivity contribution is 6.07. The van der Waals surface area contributed by atoms with Crippen LogP contribution in [-0.4, -0.2) is 17.9 Å². The second-order valence-corrected chi connectivity index (χ2v) is 7.77. The Hall–Kier alpha value is -3.47. The molecule has 158 valence electrons. The van der Waals surface area contributed by atoms with E-state index < -0.39 is 11.7 Å². The van der Waals surface area contributed by atoms with Gasteiger partial charge in [-0.15, -0.1) is 0 Å². The number of rotatable bonds is 4. The molecule has 0 radical (unpaired) electrons. The molecule has 0 fully saturated rings. The first-order valence-electron chi connectivity index (χ1n) is 10.6. The third-order valence-corrected chi connectivity index (χ3v) is 5.80. The van der Waals surface area contributed by atoms with Crippen LogP contribution in [0.4, 0.5) is 15.8 Å². The predicted octanol–water partition coefficient (Wildman–Crippen LogP) is 5.75. The maximum atomic E-state index is 14.6. The average molecular weight is 416 g/mol. The summed E-state index contributed by atoms with van der Waals surface area (Å²) in [6.07, 6.45) is 0.956. The number of benzene rings is 3. The predicted molar refractivity (Wildman–Crippen MR) is 121 cm³/mol. The van der Waals surface area contributed by atoms with Gasteiger partial charge in [-0.1, -0.05) is 55.5 Å². The van der Waals surface area contributed by atoms with Crippen molar-refractivity contribution in [3.8, 4) is 0 Å². The SMILES string of the molecule is CCC(=O)N1c2ccccc2C(N(C(=O)c2ccccc2F)c2ccccc2)CC1C. The van der Waals surface area contributed by atoms with Crippen LogP contribution in [0.15, 0.2) is 78.9 Å². The van der Waals surface area contributed by atoms with E-state index in [0.717, 1.165) is 11.3 Å². The molecule has 3 aromatic rings. The fourth-order valence-corrected chi connectivity index (χ4v) is 4.37. The number of hydrogen-bond donors (Lipinski definition) is 0. The van der Waals surface area contributed by atoms with Crippen molar-refractivity contribution in [2.24, 2.45) is 0 Å². The number of nitrogens with zero attached hydrogens (tertiary/aromatic N) is 2. The van der Waals surface area contributed by atoms with E-state index in [-0.39, 0.29) is 23.6 Å². The molecule has 5 heteroatoms. The molecule has 3 aromatic carbocycles. The minimum atomic E-state index is -0.548. The van der Waals surface area contributed by atoms with E-state index in [4.69, 9.17) is 0 Å². The molecule has 2 amide bonds. The van der Waals surface area contributed by atoms with Gasteiger partial charge in [0, 0.05) is 23.8 Å². The number of halogens is 1. The zero-order chi connectivity index (χ0) is 22.0. The molecule has 4 rings (SSSR count). The molecule has 0 aromatic heterocycles. The van der Waals surface area contributed by atoms with Crippen molar-refractivity contribution in [2.45, 2.75) is 38.8 Å². The highest BCUT2D eigenvalue weighted by Crippen LogP contribution is 2.43. The molecular formula is C26H25FN2O2. The van der Waals surface area contributed by atoms with Crippen LogP contribution >= 0.6 is 0 Å². The summed E-state index contributed by atoms with van der Waals surface area (Å²) in [7, 11) is 0. The Balaban J connectivity index is 1.87. The van der Waals surface area contributed by atoms with Gasteiger partial charge in [-0.25, -0.2) is 4.39 Å². The highest BCUT2D eigenvalue weighted by atomic mass is 19.1. The second-order valence-electron chi connectivity index (χ2n) is 7.77. The maximum Gasteiger partial charge on any atom is 0.261 e. The Morgan fingerprint density at radius 1 is 0.968 bits per heavy atom. The van der Waals surface area contributed by atoms with Gasteiger partial charge in [0.1, 0.15) is 5.82 Å². The van der Waals surface area contributed by atoms with Crippen molar-refractivity contribution in [3.63, 3.8) is 0 Å². The van der Waals surface area contributed by atoms with Gasteiger partial charge in [-0.2, -0.15) is 0 Å². The van der Waals surface area contributed by atoms with Crippen LogP contribution in [0.2, 0.25) is 0 Å². The van der Waals surface area contributed by atoms with E-state index in [9.17, 15) is 14.0 Å². The van der Waals surface area contributed by atoms with E-state index >= 15 is 0 Å². The molecule has 0 saturated heterocycles. The lowest BCUT2D eigenvalue weighted by molar-refractivity contribution is -0.118. The first-order chi connectivity index (χ1) is 15.0. The standard InChI is InChI=1S/C26H25FN2O2/c1-3-25(30)28-18(2)17-24(21-14-8-10-16-23(21)28)29(19-11-5-4-6-12-19)26(31)20-13-7-9-15-22(20)27/h4-16,18,24H,3,17H2,1-2H3. The summed E-state index contributed by atoms with van der Waals surface area (Å²) < 4.78 is 14.6. The van der Waals surface area contributed by atoms with Crippen molar-refractivity contribution < 1.29 is 14.0 Å². The van der Waals surface area contributed by atoms with E-state index in [1.165, 1.54) is 12.1 Å². The van der Waals surface area contributed by atoms with Gasteiger partial charge in [0.15, 0.2) is 0 Å². The topological polar surface area (TPSA) is 40.6 Å². The van der Waals surface area contributed by atoms with Crippen LogP contribution in [0.1, 0.15) is 48.7 Å². The summed E-state index contributed by atoms with van der Waals surface area (Å²) in [6.45, 7) is 3.84. The molecule has 2 unspecified atom stereocenters. The molecule has 0 aliphatic carbocycles. The first-order valence-corrected chi connectivity index (χ1v) is 10.6. The Bertz CT molecular complexity index is 1100. The van der Waals surface area contributed by atoms with Crippen LogP contribution in [0.5, 0.6) is 0 Å². The minimum Gasteiger partial charge on any atom is -0.309 e. The minimum absolute atomic E-state index is 0.0311. The van der Waals surface area contributed by atoms with E-state index in [2.05, 4.69) is 0 Å². The quantitative estimate of drug-likeness (QED) is 0.543. The lowest BCUT2D eigenvalue weighted by atomic mass is 9.89. The average Bonchev–Trinajstić information content (AvgIpc) is 2.80. The van der Waals surface area contributed by atoms with Gasteiger partial charge in [-0.05, 0) is 49.2 Å². The maximum absolute atomic E-state index is 14.6. The lowest BCUT2D eigenvalue weighted by Gasteiger charge is -2.43. The van der Waals surface area contributed by atoms with Crippen molar-refractivity contribution in [3.05, 3.63) is 95.8 Å². The molecular weight excluding hydrogens is 391 g/mol. The summed E-state index contributed by atoms with van der Waals surface area (Å²) in [5, 5.41) is 0. The van der Waals surface area contributed by atoms with Crippen molar-refractivity contribution >= 4 is 23.2 Å². The normalized spacial score (nSPS) is 17.7. The summed E-state index contributed by atoms with van der Waals surface area (Å²) >= 11 is 0. The van der Waals surface area contributed by atoms with Crippen LogP contribution in [-0.2, 0) is 4.79 Å².